The number of nitrogens with one attached hydrogen (secondary N) is 1. The van der Waals surface area contributed by atoms with Crippen molar-refractivity contribution in [2.75, 3.05) is 0 Å². The molecule has 4 aromatic rings. The van der Waals surface area contributed by atoms with Gasteiger partial charge in [-0.25, -0.2) is 9.97 Å². The summed E-state index contributed by atoms with van der Waals surface area (Å²) in [5, 5.41) is 1.03. The Morgan fingerprint density at radius 1 is 1.13 bits per heavy atom. The molecule has 0 fully saturated rings. The summed E-state index contributed by atoms with van der Waals surface area (Å²) in [7, 11) is 0. The van der Waals surface area contributed by atoms with Gasteiger partial charge >= 0.3 is 0 Å². The van der Waals surface area contributed by atoms with Gasteiger partial charge in [0, 0.05) is 11.1 Å². The van der Waals surface area contributed by atoms with E-state index >= 15 is 0 Å². The maximum atomic E-state index is 12.1. The van der Waals surface area contributed by atoms with E-state index < -0.39 is 0 Å². The second-order valence-electron chi connectivity index (χ2n) is 5.82. The lowest BCUT2D eigenvalue weighted by Crippen LogP contribution is -2.03. The lowest BCUT2D eigenvalue weighted by atomic mass is 9.96. The maximum Gasteiger partial charge on any atom is 0.268 e. The van der Waals surface area contributed by atoms with Gasteiger partial charge in [0.15, 0.2) is 0 Å². The van der Waals surface area contributed by atoms with E-state index in [1.807, 2.05) is 6.07 Å². The maximum absolute atomic E-state index is 12.1. The Kier molecular flexibility index (Phi) is 2.67. The van der Waals surface area contributed by atoms with E-state index in [-0.39, 0.29) is 5.56 Å². The van der Waals surface area contributed by atoms with Crippen molar-refractivity contribution >= 4 is 31.8 Å². The Balaban J connectivity index is 2.03. The molecule has 5 rings (SSSR count). The van der Waals surface area contributed by atoms with Crippen LogP contribution in [0.1, 0.15) is 17.7 Å². The van der Waals surface area contributed by atoms with Gasteiger partial charge in [0.05, 0.1) is 11.8 Å². The van der Waals surface area contributed by atoms with Crippen LogP contribution in [0.25, 0.3) is 31.6 Å². The van der Waals surface area contributed by atoms with Crippen molar-refractivity contribution in [2.24, 2.45) is 0 Å². The molecule has 1 aliphatic carbocycles. The fourth-order valence-corrected chi connectivity index (χ4v) is 4.58. The zero-order valence-corrected chi connectivity index (χ0v) is 13.1. The molecule has 4 nitrogen and oxygen atoms in total. The molecular formula is C18H13N3OS. The molecule has 1 N–H and O–H groups in total. The molecule has 0 saturated carbocycles. The topological polar surface area (TPSA) is 58.6 Å². The van der Waals surface area contributed by atoms with E-state index in [9.17, 15) is 4.79 Å². The number of aryl methyl sites for hydroxylation is 1. The van der Waals surface area contributed by atoms with Crippen molar-refractivity contribution in [3.05, 3.63) is 58.3 Å². The van der Waals surface area contributed by atoms with Crippen LogP contribution in [0.2, 0.25) is 0 Å². The van der Waals surface area contributed by atoms with E-state index in [1.165, 1.54) is 40.0 Å². The third-order valence-electron chi connectivity index (χ3n) is 4.50. The average molecular weight is 319 g/mol. The molecule has 0 aliphatic heterocycles. The Hall–Kier alpha value is -2.53. The number of hydrogen-bond donors (Lipinski definition) is 1. The number of pyridine rings is 1. The number of aromatic amines is 1. The minimum atomic E-state index is -0.0860. The molecule has 1 aliphatic rings. The summed E-state index contributed by atoms with van der Waals surface area (Å²) in [6.45, 7) is 0. The predicted octanol–water partition coefficient (Wildman–Crippen LogP) is 3.69. The minimum Gasteiger partial charge on any atom is -0.312 e. The summed E-state index contributed by atoms with van der Waals surface area (Å²) in [5.74, 6) is 0. The van der Waals surface area contributed by atoms with Gasteiger partial charge in [-0.3, -0.25) is 4.79 Å². The van der Waals surface area contributed by atoms with Crippen molar-refractivity contribution in [1.82, 2.24) is 15.0 Å². The fourth-order valence-electron chi connectivity index (χ4n) is 3.53. The van der Waals surface area contributed by atoms with Gasteiger partial charge in [0.2, 0.25) is 0 Å². The quantitative estimate of drug-likeness (QED) is 0.582. The molecule has 112 valence electrons. The van der Waals surface area contributed by atoms with Crippen LogP contribution in [0.5, 0.6) is 0 Å². The van der Waals surface area contributed by atoms with Crippen LogP contribution in [0, 0.1) is 0 Å². The first-order chi connectivity index (χ1) is 11.3. The molecule has 1 aromatic carbocycles. The van der Waals surface area contributed by atoms with Gasteiger partial charge in [0.1, 0.15) is 9.53 Å². The lowest BCUT2D eigenvalue weighted by molar-refractivity contribution is 0.902. The molecule has 3 aromatic heterocycles. The Labute approximate surface area is 135 Å². The molecule has 0 spiro atoms. The molecular weight excluding hydrogens is 306 g/mol. The van der Waals surface area contributed by atoms with Crippen LogP contribution in [-0.4, -0.2) is 15.0 Å². The Morgan fingerprint density at radius 3 is 2.87 bits per heavy atom. The highest BCUT2D eigenvalue weighted by molar-refractivity contribution is 7.25. The van der Waals surface area contributed by atoms with Crippen LogP contribution in [0.3, 0.4) is 0 Å². The van der Waals surface area contributed by atoms with Crippen LogP contribution in [0.4, 0.5) is 0 Å². The van der Waals surface area contributed by atoms with E-state index in [0.717, 1.165) is 35.0 Å². The summed E-state index contributed by atoms with van der Waals surface area (Å²) in [5.41, 5.74) is 5.59. The van der Waals surface area contributed by atoms with Gasteiger partial charge in [-0.15, -0.1) is 11.3 Å². The average Bonchev–Trinajstić information content (AvgIpc) is 3.18. The first kappa shape index (κ1) is 13.0. The number of rotatable bonds is 1. The Morgan fingerprint density at radius 2 is 2.00 bits per heavy atom. The van der Waals surface area contributed by atoms with Gasteiger partial charge in [-0.2, -0.15) is 0 Å². The second-order valence-corrected chi connectivity index (χ2v) is 6.82. The summed E-state index contributed by atoms with van der Waals surface area (Å²) < 4.78 is 0.663. The van der Waals surface area contributed by atoms with Gasteiger partial charge in [0.25, 0.3) is 5.56 Å². The van der Waals surface area contributed by atoms with E-state index in [0.29, 0.717) is 4.70 Å². The predicted molar refractivity (Wildman–Crippen MR) is 93.0 cm³/mol. The summed E-state index contributed by atoms with van der Waals surface area (Å²) in [4.78, 5) is 25.0. The van der Waals surface area contributed by atoms with Crippen molar-refractivity contribution in [3.8, 4) is 11.1 Å². The number of thiophene rings is 1. The molecule has 0 saturated heterocycles. The highest BCUT2D eigenvalue weighted by atomic mass is 32.1. The Bertz CT molecular complexity index is 1110. The normalized spacial score (nSPS) is 13.7. The highest BCUT2D eigenvalue weighted by Gasteiger charge is 2.24. The zero-order valence-electron chi connectivity index (χ0n) is 12.3. The molecule has 0 unspecified atom stereocenters. The molecule has 0 radical (unpaired) electrons. The van der Waals surface area contributed by atoms with Crippen LogP contribution >= 0.6 is 11.3 Å². The van der Waals surface area contributed by atoms with Gasteiger partial charge < -0.3 is 4.98 Å². The third kappa shape index (κ3) is 1.80. The van der Waals surface area contributed by atoms with Crippen LogP contribution in [0.15, 0.2) is 41.5 Å². The zero-order chi connectivity index (χ0) is 15.4. The minimum absolute atomic E-state index is 0.0860. The van der Waals surface area contributed by atoms with Gasteiger partial charge in [-0.1, -0.05) is 30.3 Å². The van der Waals surface area contributed by atoms with Crippen molar-refractivity contribution in [2.45, 2.75) is 19.3 Å². The number of hydrogen-bond acceptors (Lipinski definition) is 4. The number of H-pyrrole nitrogens is 1. The second kappa shape index (κ2) is 4.73. The molecule has 23 heavy (non-hydrogen) atoms. The van der Waals surface area contributed by atoms with Crippen LogP contribution in [-0.2, 0) is 12.8 Å². The van der Waals surface area contributed by atoms with E-state index in [1.54, 1.807) is 0 Å². The number of nitrogens with zero attached hydrogens (tertiary/aromatic N) is 2. The first-order valence-corrected chi connectivity index (χ1v) is 8.51. The molecule has 5 heteroatoms. The molecule has 0 amide bonds. The SMILES string of the molecule is O=c1[nH]cnc2c1sc1nc3c(c(-c4ccccc4)c12)CCC3. The standard InChI is InChI=1S/C18H13N3OS/c22-17-16-15(19-9-20-17)14-13(10-5-2-1-3-6-10)11-7-4-8-12(11)21-18(14)23-16/h1-3,5-6,9H,4,7-8H2,(H,19,20,22). The van der Waals surface area contributed by atoms with Crippen molar-refractivity contribution in [1.29, 1.82) is 0 Å². The van der Waals surface area contributed by atoms with E-state index in [2.05, 4.69) is 34.2 Å². The summed E-state index contributed by atoms with van der Waals surface area (Å²) in [6.07, 6.45) is 4.69. The first-order valence-electron chi connectivity index (χ1n) is 7.70. The third-order valence-corrected chi connectivity index (χ3v) is 5.57. The van der Waals surface area contributed by atoms with Crippen molar-refractivity contribution < 1.29 is 0 Å². The largest absolute Gasteiger partial charge is 0.312 e. The summed E-state index contributed by atoms with van der Waals surface area (Å²) >= 11 is 1.45. The fraction of sp³-hybridized carbons (Fsp3) is 0.167. The smallest absolute Gasteiger partial charge is 0.268 e. The number of fused-ring (bicyclic) bond motifs is 4. The number of benzene rings is 1. The monoisotopic (exact) mass is 319 g/mol. The summed E-state index contributed by atoms with van der Waals surface area (Å²) in [6, 6.07) is 10.4. The van der Waals surface area contributed by atoms with Gasteiger partial charge in [-0.05, 0) is 36.0 Å². The lowest BCUT2D eigenvalue weighted by Gasteiger charge is -2.10. The molecule has 3 heterocycles. The van der Waals surface area contributed by atoms with Crippen LogP contribution < -0.4 is 5.56 Å². The van der Waals surface area contributed by atoms with Crippen molar-refractivity contribution in [3.63, 3.8) is 0 Å². The molecule has 0 bridgehead atoms. The highest BCUT2D eigenvalue weighted by Crippen LogP contribution is 2.42. The van der Waals surface area contributed by atoms with E-state index in [4.69, 9.17) is 4.98 Å². The number of aromatic nitrogens is 3. The molecule has 0 atom stereocenters.